The van der Waals surface area contributed by atoms with Crippen molar-refractivity contribution in [1.29, 1.82) is 0 Å². The summed E-state index contributed by atoms with van der Waals surface area (Å²) in [6.45, 7) is 8.44. The van der Waals surface area contributed by atoms with Gasteiger partial charge in [0.25, 0.3) is 0 Å². The maximum atomic E-state index is 11.5. The van der Waals surface area contributed by atoms with Gasteiger partial charge in [0, 0.05) is 16.5 Å². The van der Waals surface area contributed by atoms with Crippen LogP contribution in [0.3, 0.4) is 0 Å². The molecule has 0 aliphatic carbocycles. The number of amides is 1. The van der Waals surface area contributed by atoms with E-state index < -0.39 is 0 Å². The molecule has 1 heterocycles. The predicted molar refractivity (Wildman–Crippen MR) is 67.3 cm³/mol. The highest BCUT2D eigenvalue weighted by Crippen LogP contribution is 2.27. The van der Waals surface area contributed by atoms with Crippen molar-refractivity contribution in [3.8, 4) is 0 Å². The largest absolute Gasteiger partial charge is 0.335 e. The Balaban J connectivity index is 2.49. The Hall–Kier alpha value is -0.320. The Morgan fingerprint density at radius 3 is 3.00 bits per heavy atom. The molecule has 0 radical (unpaired) electrons. The highest BCUT2D eigenvalue weighted by Gasteiger charge is 2.30. The van der Waals surface area contributed by atoms with Gasteiger partial charge in [-0.05, 0) is 41.9 Å². The summed E-state index contributed by atoms with van der Waals surface area (Å²) in [6.07, 6.45) is 5.50. The van der Waals surface area contributed by atoms with Gasteiger partial charge in [-0.15, -0.1) is 6.58 Å². The average Bonchev–Trinajstić information content (AvgIpc) is 2.48. The van der Waals surface area contributed by atoms with Crippen molar-refractivity contribution in [2.75, 3.05) is 6.54 Å². The van der Waals surface area contributed by atoms with E-state index in [9.17, 15) is 4.79 Å². The van der Waals surface area contributed by atoms with E-state index in [0.717, 1.165) is 29.4 Å². The Labute approximate surface area is 99.2 Å². The molecule has 78 valence electrons. The van der Waals surface area contributed by atoms with Crippen molar-refractivity contribution in [2.24, 2.45) is 0 Å². The highest BCUT2D eigenvalue weighted by molar-refractivity contribution is 14.1. The molecule has 1 saturated heterocycles. The lowest BCUT2D eigenvalue weighted by Crippen LogP contribution is -2.33. The van der Waals surface area contributed by atoms with Gasteiger partial charge in [0.1, 0.15) is 0 Å². The molecule has 0 aromatic rings. The Bertz CT molecular complexity index is 250. The summed E-state index contributed by atoms with van der Waals surface area (Å²) in [7, 11) is 0. The van der Waals surface area contributed by atoms with E-state index in [1.54, 1.807) is 0 Å². The van der Waals surface area contributed by atoms with Gasteiger partial charge in [-0.3, -0.25) is 4.79 Å². The molecule has 0 aromatic carbocycles. The number of hydrogen-bond donors (Lipinski definition) is 0. The van der Waals surface area contributed by atoms with Crippen LogP contribution in [0.2, 0.25) is 0 Å². The van der Waals surface area contributed by atoms with Crippen LogP contribution in [0.5, 0.6) is 0 Å². The molecule has 0 bridgehead atoms. The minimum atomic E-state index is 0.271. The van der Waals surface area contributed by atoms with Gasteiger partial charge in [0.05, 0.1) is 6.04 Å². The first-order valence-electron chi connectivity index (χ1n) is 4.91. The van der Waals surface area contributed by atoms with E-state index in [2.05, 4.69) is 35.7 Å². The van der Waals surface area contributed by atoms with Gasteiger partial charge < -0.3 is 4.90 Å². The minimum absolute atomic E-state index is 0.271. The fourth-order valence-corrected chi connectivity index (χ4v) is 2.39. The zero-order valence-electron chi connectivity index (χ0n) is 8.34. The summed E-state index contributed by atoms with van der Waals surface area (Å²) in [6, 6.07) is 0.271. The van der Waals surface area contributed by atoms with E-state index in [1.807, 2.05) is 11.0 Å². The molecule has 1 amide bonds. The van der Waals surface area contributed by atoms with Crippen molar-refractivity contribution >= 4 is 28.5 Å². The molecule has 1 fully saturated rings. The van der Waals surface area contributed by atoms with Crippen LogP contribution < -0.4 is 0 Å². The summed E-state index contributed by atoms with van der Waals surface area (Å²) in [5.74, 6) is 0.275. The number of allylic oxidation sites excluding steroid dienone is 1. The Morgan fingerprint density at radius 1 is 1.71 bits per heavy atom. The van der Waals surface area contributed by atoms with Crippen molar-refractivity contribution in [3.05, 3.63) is 22.8 Å². The van der Waals surface area contributed by atoms with Crippen LogP contribution in [-0.2, 0) is 4.79 Å². The summed E-state index contributed by atoms with van der Waals surface area (Å²) < 4.78 is 1.08. The second-order valence-electron chi connectivity index (χ2n) is 3.52. The lowest BCUT2D eigenvalue weighted by molar-refractivity contribution is -0.128. The molecule has 0 unspecified atom stereocenters. The molecular weight excluding hydrogens is 289 g/mol. The summed E-state index contributed by atoms with van der Waals surface area (Å²) in [5.41, 5.74) is 0. The van der Waals surface area contributed by atoms with Crippen molar-refractivity contribution in [3.63, 3.8) is 0 Å². The van der Waals surface area contributed by atoms with Crippen molar-refractivity contribution in [2.45, 2.75) is 31.7 Å². The smallest absolute Gasteiger partial charge is 0.223 e. The van der Waals surface area contributed by atoms with Gasteiger partial charge in [-0.25, -0.2) is 0 Å². The van der Waals surface area contributed by atoms with Crippen LogP contribution in [0, 0.1) is 0 Å². The van der Waals surface area contributed by atoms with E-state index >= 15 is 0 Å². The molecule has 3 heteroatoms. The predicted octanol–water partition coefficient (Wildman–Crippen LogP) is 2.89. The third kappa shape index (κ3) is 2.83. The van der Waals surface area contributed by atoms with Crippen LogP contribution in [0.25, 0.3) is 0 Å². The fraction of sp³-hybridized carbons (Fsp3) is 0.545. The Kier molecular flexibility index (Phi) is 4.65. The number of unbranched alkanes of at least 4 members (excludes halogenated alkanes) is 1. The molecule has 1 aliphatic heterocycles. The molecule has 1 atom stereocenters. The van der Waals surface area contributed by atoms with Crippen LogP contribution >= 0.6 is 22.6 Å². The van der Waals surface area contributed by atoms with Gasteiger partial charge in [-0.2, -0.15) is 0 Å². The van der Waals surface area contributed by atoms with Crippen LogP contribution in [0.4, 0.5) is 0 Å². The highest BCUT2D eigenvalue weighted by atomic mass is 127. The van der Waals surface area contributed by atoms with Gasteiger partial charge in [-0.1, -0.05) is 12.7 Å². The van der Waals surface area contributed by atoms with Gasteiger partial charge >= 0.3 is 0 Å². The Morgan fingerprint density at radius 2 is 2.43 bits per heavy atom. The standard InChI is InChI=1S/C11H16INO/c1-3-4-5-8-13-10(9(2)12)6-7-11(13)14/h3,10H,1-2,4-8H2/t10-/m0/s1. The molecule has 2 nitrogen and oxygen atoms in total. The van der Waals surface area contributed by atoms with E-state index in [0.29, 0.717) is 6.42 Å². The van der Waals surface area contributed by atoms with Crippen molar-refractivity contribution < 1.29 is 4.79 Å². The van der Waals surface area contributed by atoms with E-state index in [1.165, 1.54) is 0 Å². The summed E-state index contributed by atoms with van der Waals surface area (Å²) in [4.78, 5) is 13.5. The number of likely N-dealkylation sites (tertiary alicyclic amines) is 1. The second kappa shape index (κ2) is 5.53. The van der Waals surface area contributed by atoms with E-state index in [-0.39, 0.29) is 11.9 Å². The third-order valence-electron chi connectivity index (χ3n) is 2.50. The van der Waals surface area contributed by atoms with E-state index in [4.69, 9.17) is 0 Å². The monoisotopic (exact) mass is 305 g/mol. The normalized spacial score (nSPS) is 21.4. The second-order valence-corrected chi connectivity index (χ2v) is 4.90. The van der Waals surface area contributed by atoms with Crippen LogP contribution in [-0.4, -0.2) is 23.4 Å². The number of halogens is 1. The lowest BCUT2D eigenvalue weighted by atomic mass is 10.2. The lowest BCUT2D eigenvalue weighted by Gasteiger charge is -2.24. The zero-order valence-corrected chi connectivity index (χ0v) is 10.5. The number of hydrogen-bond acceptors (Lipinski definition) is 1. The molecule has 14 heavy (non-hydrogen) atoms. The number of nitrogens with zero attached hydrogens (tertiary/aromatic N) is 1. The maximum absolute atomic E-state index is 11.5. The van der Waals surface area contributed by atoms with Crippen LogP contribution in [0.1, 0.15) is 25.7 Å². The van der Waals surface area contributed by atoms with Crippen molar-refractivity contribution in [1.82, 2.24) is 4.90 Å². The van der Waals surface area contributed by atoms with Gasteiger partial charge in [0.15, 0.2) is 0 Å². The number of carbonyl (C=O) groups is 1. The topological polar surface area (TPSA) is 20.3 Å². The molecule has 1 rings (SSSR count). The number of carbonyl (C=O) groups excluding carboxylic acids is 1. The fourth-order valence-electron chi connectivity index (χ4n) is 1.75. The molecule has 0 N–H and O–H groups in total. The molecule has 0 aromatic heterocycles. The quantitative estimate of drug-likeness (QED) is 0.434. The molecular formula is C11H16INO. The number of rotatable bonds is 5. The first kappa shape index (κ1) is 11.8. The van der Waals surface area contributed by atoms with Crippen LogP contribution in [0.15, 0.2) is 22.8 Å². The first-order valence-corrected chi connectivity index (χ1v) is 5.99. The molecule has 0 saturated carbocycles. The summed E-state index contributed by atoms with van der Waals surface area (Å²) >= 11 is 2.22. The minimum Gasteiger partial charge on any atom is -0.335 e. The maximum Gasteiger partial charge on any atom is 0.223 e. The molecule has 0 spiro atoms. The molecule has 1 aliphatic rings. The SMILES string of the molecule is C=CCCCN1C(=O)CC[C@H]1C(=C)I. The summed E-state index contributed by atoms with van der Waals surface area (Å²) in [5, 5.41) is 0. The average molecular weight is 305 g/mol. The first-order chi connectivity index (χ1) is 6.66. The van der Waals surface area contributed by atoms with Gasteiger partial charge in [0.2, 0.25) is 5.91 Å². The third-order valence-corrected chi connectivity index (χ3v) is 3.22. The zero-order chi connectivity index (χ0) is 10.6.